The van der Waals surface area contributed by atoms with Crippen molar-refractivity contribution in [2.75, 3.05) is 26.9 Å². The van der Waals surface area contributed by atoms with E-state index in [0.29, 0.717) is 13.2 Å². The molecular weight excluding hydrogens is 270 g/mol. The number of benzene rings is 1. The Morgan fingerprint density at radius 1 is 1.33 bits per heavy atom. The van der Waals surface area contributed by atoms with E-state index in [4.69, 9.17) is 9.47 Å². The summed E-state index contributed by atoms with van der Waals surface area (Å²) in [4.78, 5) is 14.0. The van der Waals surface area contributed by atoms with Crippen LogP contribution < -0.4 is 0 Å². The van der Waals surface area contributed by atoms with E-state index in [1.165, 1.54) is 0 Å². The summed E-state index contributed by atoms with van der Waals surface area (Å²) in [5.41, 5.74) is 0.525. The third-order valence-corrected chi connectivity index (χ3v) is 4.64. The second-order valence-electron chi connectivity index (χ2n) is 6.30. The summed E-state index contributed by atoms with van der Waals surface area (Å²) >= 11 is 0. The van der Waals surface area contributed by atoms with Crippen molar-refractivity contribution in [1.29, 1.82) is 0 Å². The summed E-state index contributed by atoms with van der Waals surface area (Å²) < 4.78 is 10.6. The van der Waals surface area contributed by atoms with E-state index in [2.05, 4.69) is 0 Å². The van der Waals surface area contributed by atoms with E-state index in [0.717, 1.165) is 18.4 Å². The van der Waals surface area contributed by atoms with E-state index in [1.54, 1.807) is 12.0 Å². The molecule has 0 spiro atoms. The molecule has 0 aromatic heterocycles. The first-order valence-corrected chi connectivity index (χ1v) is 7.21. The van der Waals surface area contributed by atoms with Crippen molar-refractivity contribution >= 4 is 6.09 Å². The van der Waals surface area contributed by atoms with E-state index < -0.39 is 5.54 Å². The average molecular weight is 291 g/mol. The molecule has 0 unspecified atom stereocenters. The van der Waals surface area contributed by atoms with Gasteiger partial charge in [-0.3, -0.25) is 4.90 Å². The van der Waals surface area contributed by atoms with Gasteiger partial charge >= 0.3 is 6.09 Å². The molecule has 5 heteroatoms. The van der Waals surface area contributed by atoms with Crippen LogP contribution in [0.5, 0.6) is 0 Å². The molecule has 2 aliphatic heterocycles. The van der Waals surface area contributed by atoms with Crippen LogP contribution in [0, 0.1) is 5.41 Å². The Morgan fingerprint density at radius 2 is 2.05 bits per heavy atom. The zero-order valence-electron chi connectivity index (χ0n) is 12.2. The van der Waals surface area contributed by atoms with Crippen LogP contribution in [0.1, 0.15) is 18.4 Å². The first kappa shape index (κ1) is 14.4. The van der Waals surface area contributed by atoms with Crippen LogP contribution in [0.3, 0.4) is 0 Å². The number of aliphatic hydroxyl groups is 1. The van der Waals surface area contributed by atoms with Gasteiger partial charge in [0.25, 0.3) is 0 Å². The molecule has 3 fully saturated rings. The van der Waals surface area contributed by atoms with Crippen molar-refractivity contribution < 1.29 is 19.4 Å². The highest BCUT2D eigenvalue weighted by Crippen LogP contribution is 2.59. The highest BCUT2D eigenvalue weighted by Gasteiger charge is 2.66. The van der Waals surface area contributed by atoms with Gasteiger partial charge in [-0.1, -0.05) is 30.3 Å². The maximum absolute atomic E-state index is 12.3. The summed E-state index contributed by atoms with van der Waals surface area (Å²) in [6.07, 6.45) is 1.25. The fraction of sp³-hybridized carbons (Fsp3) is 0.562. The lowest BCUT2D eigenvalue weighted by Gasteiger charge is -2.45. The van der Waals surface area contributed by atoms with Crippen molar-refractivity contribution in [3.63, 3.8) is 0 Å². The quantitative estimate of drug-likeness (QED) is 0.898. The zero-order valence-corrected chi connectivity index (χ0v) is 12.2. The Bertz CT molecular complexity index is 510. The molecule has 2 saturated heterocycles. The van der Waals surface area contributed by atoms with Crippen LogP contribution in [0.4, 0.5) is 4.79 Å². The van der Waals surface area contributed by atoms with E-state index in [9.17, 15) is 9.90 Å². The van der Waals surface area contributed by atoms with Crippen LogP contribution >= 0.6 is 0 Å². The molecule has 0 radical (unpaired) electrons. The number of hydrogen-bond acceptors (Lipinski definition) is 4. The molecule has 1 N–H and O–H groups in total. The first-order valence-electron chi connectivity index (χ1n) is 7.21. The first-order chi connectivity index (χ1) is 10.1. The predicted octanol–water partition coefficient (Wildman–Crippen LogP) is 1.80. The van der Waals surface area contributed by atoms with Gasteiger partial charge in [0.2, 0.25) is 0 Å². The van der Waals surface area contributed by atoms with Gasteiger partial charge in [0.05, 0.1) is 18.8 Å². The molecule has 0 atom stereocenters. The fourth-order valence-electron chi connectivity index (χ4n) is 3.86. The molecular formula is C16H21NO4. The number of hydrogen-bond donors (Lipinski definition) is 1. The number of fused-ring (bicyclic) bond motifs is 1. The Hall–Kier alpha value is -1.59. The Kier molecular flexibility index (Phi) is 3.63. The smallest absolute Gasteiger partial charge is 0.410 e. The maximum atomic E-state index is 12.3. The van der Waals surface area contributed by atoms with Crippen molar-refractivity contribution in [2.45, 2.75) is 25.0 Å². The topological polar surface area (TPSA) is 59.0 Å². The van der Waals surface area contributed by atoms with Gasteiger partial charge in [0.15, 0.2) is 0 Å². The molecule has 1 amide bonds. The highest BCUT2D eigenvalue weighted by molar-refractivity contribution is 5.70. The lowest BCUT2D eigenvalue weighted by molar-refractivity contribution is -0.0261. The number of methoxy groups -OCH3 is 1. The summed E-state index contributed by atoms with van der Waals surface area (Å²) in [5.74, 6) is 0. The maximum Gasteiger partial charge on any atom is 0.410 e. The van der Waals surface area contributed by atoms with Gasteiger partial charge in [0, 0.05) is 19.1 Å². The van der Waals surface area contributed by atoms with Crippen LogP contribution in [0.15, 0.2) is 30.3 Å². The minimum Gasteiger partial charge on any atom is -0.445 e. The van der Waals surface area contributed by atoms with Crippen LogP contribution in [-0.4, -0.2) is 48.5 Å². The van der Waals surface area contributed by atoms with Gasteiger partial charge < -0.3 is 14.6 Å². The van der Waals surface area contributed by atoms with Crippen molar-refractivity contribution in [2.24, 2.45) is 5.41 Å². The predicted molar refractivity (Wildman–Crippen MR) is 76.7 cm³/mol. The highest BCUT2D eigenvalue weighted by atomic mass is 16.6. The normalized spacial score (nSPS) is 30.1. The number of amides is 1. The van der Waals surface area contributed by atoms with E-state index >= 15 is 0 Å². The Morgan fingerprint density at radius 3 is 2.67 bits per heavy atom. The minimum atomic E-state index is -0.438. The zero-order chi connectivity index (χ0) is 14.9. The van der Waals surface area contributed by atoms with Gasteiger partial charge in [-0.25, -0.2) is 4.79 Å². The minimum absolute atomic E-state index is 0.00322. The average Bonchev–Trinajstić information content (AvgIpc) is 2.97. The van der Waals surface area contributed by atoms with Crippen molar-refractivity contribution in [3.05, 3.63) is 35.9 Å². The monoisotopic (exact) mass is 291 g/mol. The number of aliphatic hydroxyl groups excluding tert-OH is 1. The molecule has 1 aromatic rings. The van der Waals surface area contributed by atoms with Gasteiger partial charge in [0.1, 0.15) is 6.61 Å². The van der Waals surface area contributed by atoms with Gasteiger partial charge in [-0.05, 0) is 18.4 Å². The number of ether oxygens (including phenoxy) is 2. The molecule has 21 heavy (non-hydrogen) atoms. The molecule has 1 aromatic carbocycles. The summed E-state index contributed by atoms with van der Waals surface area (Å²) in [6, 6.07) is 9.60. The molecule has 1 saturated carbocycles. The molecule has 2 bridgehead atoms. The van der Waals surface area contributed by atoms with Crippen LogP contribution in [0.2, 0.25) is 0 Å². The summed E-state index contributed by atoms with van der Waals surface area (Å²) in [6.45, 7) is 1.47. The largest absolute Gasteiger partial charge is 0.445 e. The molecule has 4 rings (SSSR count). The van der Waals surface area contributed by atoms with Crippen molar-refractivity contribution in [3.8, 4) is 0 Å². The summed E-state index contributed by atoms with van der Waals surface area (Å²) in [5, 5.41) is 9.66. The van der Waals surface area contributed by atoms with Crippen LogP contribution in [-0.2, 0) is 16.1 Å². The van der Waals surface area contributed by atoms with Crippen LogP contribution in [0.25, 0.3) is 0 Å². The second kappa shape index (κ2) is 5.31. The Balaban J connectivity index is 1.62. The molecule has 3 aliphatic rings. The number of rotatable bonds is 5. The molecule has 5 nitrogen and oxygen atoms in total. The summed E-state index contributed by atoms with van der Waals surface area (Å²) in [7, 11) is 1.67. The number of nitrogens with zero attached hydrogens (tertiary/aromatic N) is 1. The van der Waals surface area contributed by atoms with Gasteiger partial charge in [-0.15, -0.1) is 0 Å². The lowest BCUT2D eigenvalue weighted by Crippen LogP contribution is -2.54. The fourth-order valence-corrected chi connectivity index (χ4v) is 3.86. The molecule has 114 valence electrons. The standard InChI is InChI=1S/C16H21NO4/c1-20-12-15-8-16(9-15,11-18)17(10-15)14(19)21-7-13-5-3-2-4-6-13/h2-6,18H,7-12H2,1H3. The van der Waals surface area contributed by atoms with E-state index in [-0.39, 0.29) is 24.7 Å². The Labute approximate surface area is 124 Å². The third kappa shape index (κ3) is 2.40. The number of carbonyl (C=O) groups is 1. The SMILES string of the molecule is COCC12CN(C(=O)OCc3ccccc3)C(CO)(C1)C2. The van der Waals surface area contributed by atoms with Gasteiger partial charge in [-0.2, -0.15) is 0 Å². The van der Waals surface area contributed by atoms with E-state index in [1.807, 2.05) is 30.3 Å². The third-order valence-electron chi connectivity index (χ3n) is 4.64. The molecule has 1 aliphatic carbocycles. The lowest BCUT2D eigenvalue weighted by atomic mass is 9.62. The molecule has 2 heterocycles. The second-order valence-corrected chi connectivity index (χ2v) is 6.30. The van der Waals surface area contributed by atoms with Crippen molar-refractivity contribution in [1.82, 2.24) is 4.90 Å². The number of carbonyl (C=O) groups excluding carboxylic acids is 1.